The molecule has 3 heteroatoms. The highest BCUT2D eigenvalue weighted by Gasteiger charge is 2.20. The summed E-state index contributed by atoms with van der Waals surface area (Å²) in [6.45, 7) is 1.50. The first-order valence-corrected chi connectivity index (χ1v) is 4.73. The van der Waals surface area contributed by atoms with Gasteiger partial charge in [0, 0.05) is 4.90 Å². The highest BCUT2D eigenvalue weighted by molar-refractivity contribution is 8.00. The Hall–Kier alpha value is -0.540. The van der Waals surface area contributed by atoms with Gasteiger partial charge in [0.1, 0.15) is 5.82 Å². The van der Waals surface area contributed by atoms with Gasteiger partial charge in [0.2, 0.25) is 0 Å². The zero-order chi connectivity index (χ0) is 8.39. The number of hydrogen-bond donors (Lipinski definition) is 0. The lowest BCUT2D eigenvalue weighted by Crippen LogP contribution is -2.30. The minimum atomic E-state index is -0.130. The van der Waals surface area contributed by atoms with E-state index in [0.29, 0.717) is 5.25 Å². The van der Waals surface area contributed by atoms with Crippen LogP contribution < -0.4 is 0 Å². The van der Waals surface area contributed by atoms with Crippen molar-refractivity contribution in [3.05, 3.63) is 30.1 Å². The van der Waals surface area contributed by atoms with Gasteiger partial charge in [0.25, 0.3) is 0 Å². The Labute approximate surface area is 74.9 Å². The van der Waals surface area contributed by atoms with Crippen molar-refractivity contribution in [3.63, 3.8) is 0 Å². The standard InChI is InChI=1S/C9H9FOS/c10-8-3-1-2-4-9(8)12-7-5-11-6-7/h1-4,7H,5-6H2. The zero-order valence-corrected chi connectivity index (χ0v) is 7.31. The van der Waals surface area contributed by atoms with E-state index in [1.54, 1.807) is 23.9 Å². The number of thioether (sulfide) groups is 1. The lowest BCUT2D eigenvalue weighted by atomic mass is 10.3. The van der Waals surface area contributed by atoms with Gasteiger partial charge in [-0.3, -0.25) is 0 Å². The molecule has 1 aliphatic heterocycles. The van der Waals surface area contributed by atoms with E-state index >= 15 is 0 Å². The van der Waals surface area contributed by atoms with Gasteiger partial charge in [-0.2, -0.15) is 0 Å². The fourth-order valence-corrected chi connectivity index (χ4v) is 2.03. The summed E-state index contributed by atoms with van der Waals surface area (Å²) in [5.74, 6) is -0.130. The molecule has 1 heterocycles. The van der Waals surface area contributed by atoms with E-state index in [1.165, 1.54) is 6.07 Å². The molecule has 2 rings (SSSR count). The fraction of sp³-hybridized carbons (Fsp3) is 0.333. The number of halogens is 1. The first kappa shape index (κ1) is 8.08. The van der Waals surface area contributed by atoms with Crippen LogP contribution in [0.4, 0.5) is 4.39 Å². The molecule has 0 saturated carbocycles. The van der Waals surface area contributed by atoms with Crippen LogP contribution in [0.15, 0.2) is 29.2 Å². The Morgan fingerprint density at radius 3 is 2.67 bits per heavy atom. The minimum absolute atomic E-state index is 0.130. The molecular weight excluding hydrogens is 175 g/mol. The smallest absolute Gasteiger partial charge is 0.136 e. The van der Waals surface area contributed by atoms with Gasteiger partial charge in [-0.15, -0.1) is 11.8 Å². The summed E-state index contributed by atoms with van der Waals surface area (Å²) in [6.07, 6.45) is 0. The highest BCUT2D eigenvalue weighted by atomic mass is 32.2. The minimum Gasteiger partial charge on any atom is -0.379 e. The van der Waals surface area contributed by atoms with Crippen molar-refractivity contribution in [3.8, 4) is 0 Å². The van der Waals surface area contributed by atoms with E-state index < -0.39 is 0 Å². The van der Waals surface area contributed by atoms with Crippen molar-refractivity contribution in [2.24, 2.45) is 0 Å². The first-order valence-electron chi connectivity index (χ1n) is 3.85. The second-order valence-electron chi connectivity index (χ2n) is 2.71. The molecule has 0 unspecified atom stereocenters. The largest absolute Gasteiger partial charge is 0.379 e. The average molecular weight is 184 g/mol. The highest BCUT2D eigenvalue weighted by Crippen LogP contribution is 2.29. The summed E-state index contributed by atoms with van der Waals surface area (Å²) in [6, 6.07) is 6.85. The summed E-state index contributed by atoms with van der Waals surface area (Å²) < 4.78 is 18.1. The molecule has 64 valence electrons. The van der Waals surface area contributed by atoms with Crippen molar-refractivity contribution < 1.29 is 9.13 Å². The van der Waals surface area contributed by atoms with Crippen molar-refractivity contribution in [2.75, 3.05) is 13.2 Å². The summed E-state index contributed by atoms with van der Waals surface area (Å²) in [4.78, 5) is 0.728. The van der Waals surface area contributed by atoms with Crippen LogP contribution in [-0.4, -0.2) is 18.5 Å². The molecule has 1 aromatic rings. The summed E-state index contributed by atoms with van der Waals surface area (Å²) in [5.41, 5.74) is 0. The predicted molar refractivity (Wildman–Crippen MR) is 46.9 cm³/mol. The molecule has 0 bridgehead atoms. The molecular formula is C9H9FOS. The maximum absolute atomic E-state index is 13.0. The van der Waals surface area contributed by atoms with Gasteiger partial charge in [-0.25, -0.2) is 4.39 Å². The summed E-state index contributed by atoms with van der Waals surface area (Å²) in [7, 11) is 0. The molecule has 0 N–H and O–H groups in total. The van der Waals surface area contributed by atoms with Gasteiger partial charge >= 0.3 is 0 Å². The van der Waals surface area contributed by atoms with Gasteiger partial charge in [0.05, 0.1) is 18.5 Å². The number of hydrogen-bond acceptors (Lipinski definition) is 2. The van der Waals surface area contributed by atoms with Crippen LogP contribution in [0, 0.1) is 5.82 Å². The first-order chi connectivity index (χ1) is 5.86. The molecule has 0 atom stereocenters. The third-order valence-electron chi connectivity index (χ3n) is 1.74. The Bertz CT molecular complexity index is 273. The number of ether oxygens (including phenoxy) is 1. The molecule has 0 aromatic heterocycles. The second-order valence-corrected chi connectivity index (χ2v) is 4.05. The SMILES string of the molecule is Fc1ccccc1SC1COC1. The van der Waals surface area contributed by atoms with Crippen LogP contribution in [0.5, 0.6) is 0 Å². The van der Waals surface area contributed by atoms with Crippen LogP contribution >= 0.6 is 11.8 Å². The maximum atomic E-state index is 13.0. The maximum Gasteiger partial charge on any atom is 0.136 e. The van der Waals surface area contributed by atoms with Crippen LogP contribution in [0.25, 0.3) is 0 Å². The topological polar surface area (TPSA) is 9.23 Å². The summed E-state index contributed by atoms with van der Waals surface area (Å²) in [5, 5.41) is 0.446. The zero-order valence-electron chi connectivity index (χ0n) is 6.50. The molecule has 12 heavy (non-hydrogen) atoms. The normalized spacial score (nSPS) is 17.4. The van der Waals surface area contributed by atoms with E-state index in [1.807, 2.05) is 6.07 Å². The molecule has 1 saturated heterocycles. The van der Waals surface area contributed by atoms with Crippen LogP contribution in [0.1, 0.15) is 0 Å². The second kappa shape index (κ2) is 3.46. The van der Waals surface area contributed by atoms with Crippen molar-refractivity contribution >= 4 is 11.8 Å². The van der Waals surface area contributed by atoms with Gasteiger partial charge in [0.15, 0.2) is 0 Å². The van der Waals surface area contributed by atoms with Gasteiger partial charge in [-0.1, -0.05) is 12.1 Å². The lowest BCUT2D eigenvalue weighted by molar-refractivity contribution is 0.0455. The Morgan fingerprint density at radius 1 is 1.33 bits per heavy atom. The monoisotopic (exact) mass is 184 g/mol. The molecule has 1 aromatic carbocycles. The molecule has 0 spiro atoms. The molecule has 0 aliphatic carbocycles. The third kappa shape index (κ3) is 1.62. The molecule has 1 fully saturated rings. The quantitative estimate of drug-likeness (QED) is 0.697. The average Bonchev–Trinajstić information content (AvgIpc) is 2.00. The Kier molecular flexibility index (Phi) is 2.33. The summed E-state index contributed by atoms with van der Waals surface area (Å²) >= 11 is 1.56. The van der Waals surface area contributed by atoms with Crippen LogP contribution in [0.2, 0.25) is 0 Å². The Balaban J connectivity index is 2.06. The number of benzene rings is 1. The van der Waals surface area contributed by atoms with Gasteiger partial charge < -0.3 is 4.74 Å². The lowest BCUT2D eigenvalue weighted by Gasteiger charge is -2.25. The van der Waals surface area contributed by atoms with Crippen molar-refractivity contribution in [1.29, 1.82) is 0 Å². The van der Waals surface area contributed by atoms with E-state index in [4.69, 9.17) is 4.74 Å². The van der Waals surface area contributed by atoms with E-state index in [0.717, 1.165) is 18.1 Å². The molecule has 0 radical (unpaired) electrons. The molecule has 1 nitrogen and oxygen atoms in total. The third-order valence-corrected chi connectivity index (χ3v) is 2.93. The Morgan fingerprint density at radius 2 is 2.08 bits per heavy atom. The van der Waals surface area contributed by atoms with Crippen LogP contribution in [-0.2, 0) is 4.74 Å². The van der Waals surface area contributed by atoms with Crippen molar-refractivity contribution in [2.45, 2.75) is 10.1 Å². The fourth-order valence-electron chi connectivity index (χ4n) is 1.00. The van der Waals surface area contributed by atoms with Crippen LogP contribution in [0.3, 0.4) is 0 Å². The van der Waals surface area contributed by atoms with Gasteiger partial charge in [-0.05, 0) is 12.1 Å². The molecule has 1 aliphatic rings. The van der Waals surface area contributed by atoms with E-state index in [2.05, 4.69) is 0 Å². The van der Waals surface area contributed by atoms with Crippen molar-refractivity contribution in [1.82, 2.24) is 0 Å². The van der Waals surface area contributed by atoms with E-state index in [-0.39, 0.29) is 5.82 Å². The predicted octanol–water partition coefficient (Wildman–Crippen LogP) is 2.32. The van der Waals surface area contributed by atoms with E-state index in [9.17, 15) is 4.39 Å². The molecule has 0 amide bonds. The number of rotatable bonds is 2.